The quantitative estimate of drug-likeness (QED) is 0.793. The minimum Gasteiger partial charge on any atom is -0.375 e. The molecule has 1 fully saturated rings. The molecule has 118 valence electrons. The zero-order valence-corrected chi connectivity index (χ0v) is 13.2. The van der Waals surface area contributed by atoms with E-state index in [0.29, 0.717) is 6.04 Å². The second kappa shape index (κ2) is 7.51. The Balaban J connectivity index is 1.91. The van der Waals surface area contributed by atoms with Crippen molar-refractivity contribution in [3.63, 3.8) is 0 Å². The summed E-state index contributed by atoms with van der Waals surface area (Å²) in [6.07, 6.45) is 2.76. The molecule has 1 aliphatic rings. The van der Waals surface area contributed by atoms with Crippen LogP contribution in [0.15, 0.2) is 6.33 Å². The molecule has 0 radical (unpaired) electrons. The Morgan fingerprint density at radius 3 is 2.86 bits per heavy atom. The van der Waals surface area contributed by atoms with Gasteiger partial charge < -0.3 is 14.2 Å². The van der Waals surface area contributed by atoms with Gasteiger partial charge in [0.2, 0.25) is 5.91 Å². The maximum absolute atomic E-state index is 11.9. The molecule has 2 heterocycles. The lowest BCUT2D eigenvalue weighted by Crippen LogP contribution is -2.37. The predicted molar refractivity (Wildman–Crippen MR) is 78.8 cm³/mol. The van der Waals surface area contributed by atoms with Crippen molar-refractivity contribution in [3.05, 3.63) is 12.2 Å². The number of hydrogen-bond acceptors (Lipinski definition) is 5. The van der Waals surface area contributed by atoms with Crippen molar-refractivity contribution < 1.29 is 9.53 Å². The van der Waals surface area contributed by atoms with Crippen LogP contribution in [0, 0.1) is 0 Å². The average Bonchev–Trinajstić information content (AvgIpc) is 2.77. The number of methoxy groups -OCH3 is 1. The third-order valence-electron chi connectivity index (χ3n) is 3.78. The molecule has 0 saturated carbocycles. The lowest BCUT2D eigenvalue weighted by atomic mass is 10.3. The molecule has 7 nitrogen and oxygen atoms in total. The maximum Gasteiger partial charge on any atom is 0.248 e. The molecule has 1 aromatic rings. The molecule has 0 bridgehead atoms. The van der Waals surface area contributed by atoms with Crippen molar-refractivity contribution in [1.82, 2.24) is 24.6 Å². The van der Waals surface area contributed by atoms with Crippen LogP contribution in [0.2, 0.25) is 0 Å². The van der Waals surface area contributed by atoms with E-state index in [1.165, 1.54) is 0 Å². The summed E-state index contributed by atoms with van der Waals surface area (Å²) in [6.45, 7) is 8.59. The predicted octanol–water partition coefficient (Wildman–Crippen LogP) is 0.540. The van der Waals surface area contributed by atoms with E-state index in [1.807, 2.05) is 4.90 Å². The van der Waals surface area contributed by atoms with Crippen LogP contribution in [0.3, 0.4) is 0 Å². The number of ether oxygens (including phenoxy) is 1. The molecule has 1 aliphatic heterocycles. The van der Waals surface area contributed by atoms with E-state index < -0.39 is 0 Å². The van der Waals surface area contributed by atoms with Crippen molar-refractivity contribution >= 4 is 5.91 Å². The Kier molecular flexibility index (Phi) is 5.69. The van der Waals surface area contributed by atoms with Crippen LogP contribution in [-0.4, -0.2) is 70.4 Å². The largest absolute Gasteiger partial charge is 0.375 e. The average molecular weight is 295 g/mol. The van der Waals surface area contributed by atoms with E-state index in [4.69, 9.17) is 4.74 Å². The summed E-state index contributed by atoms with van der Waals surface area (Å²) in [4.78, 5) is 16.1. The highest BCUT2D eigenvalue weighted by Crippen LogP contribution is 2.11. The summed E-state index contributed by atoms with van der Waals surface area (Å²) in [6, 6.07) is 0.363. The molecular weight excluding hydrogens is 270 g/mol. The number of aromatic nitrogens is 3. The first-order chi connectivity index (χ1) is 10.1. The standard InChI is InChI=1S/C14H25N5O2/c1-12(2)19-11-15-16-13(19)9-17-5-4-6-18(8-7-17)14(20)10-21-3/h11-12H,4-10H2,1-3H3. The van der Waals surface area contributed by atoms with Crippen LogP contribution in [0.1, 0.15) is 32.1 Å². The van der Waals surface area contributed by atoms with Crippen LogP contribution in [0.4, 0.5) is 0 Å². The van der Waals surface area contributed by atoms with Crippen molar-refractivity contribution in [2.24, 2.45) is 0 Å². The fourth-order valence-electron chi connectivity index (χ4n) is 2.60. The summed E-state index contributed by atoms with van der Waals surface area (Å²) in [5.74, 6) is 1.06. The van der Waals surface area contributed by atoms with Crippen molar-refractivity contribution in [1.29, 1.82) is 0 Å². The van der Waals surface area contributed by atoms with Crippen LogP contribution in [-0.2, 0) is 16.1 Å². The summed E-state index contributed by atoms with van der Waals surface area (Å²) >= 11 is 0. The number of hydrogen-bond donors (Lipinski definition) is 0. The van der Waals surface area contributed by atoms with E-state index in [2.05, 4.69) is 33.5 Å². The summed E-state index contributed by atoms with van der Waals surface area (Å²) in [5, 5.41) is 8.22. The molecule has 1 amide bonds. The fourth-order valence-corrected chi connectivity index (χ4v) is 2.60. The Bertz CT molecular complexity index is 460. The normalized spacial score (nSPS) is 17.2. The van der Waals surface area contributed by atoms with Crippen molar-refractivity contribution in [3.8, 4) is 0 Å². The first-order valence-corrected chi connectivity index (χ1v) is 7.49. The highest BCUT2D eigenvalue weighted by molar-refractivity contribution is 5.77. The molecule has 0 atom stereocenters. The van der Waals surface area contributed by atoms with Gasteiger partial charge in [0, 0.05) is 39.3 Å². The summed E-state index contributed by atoms with van der Waals surface area (Å²) in [7, 11) is 1.56. The van der Waals surface area contributed by atoms with Gasteiger partial charge in [-0.05, 0) is 20.3 Å². The molecule has 2 rings (SSSR count). The zero-order valence-electron chi connectivity index (χ0n) is 13.2. The SMILES string of the molecule is COCC(=O)N1CCCN(Cc2nncn2C(C)C)CC1. The van der Waals surface area contributed by atoms with Gasteiger partial charge in [-0.15, -0.1) is 10.2 Å². The number of carbonyl (C=O) groups is 1. The highest BCUT2D eigenvalue weighted by atomic mass is 16.5. The van der Waals surface area contributed by atoms with Crippen LogP contribution < -0.4 is 0 Å². The molecule has 0 unspecified atom stereocenters. The van der Waals surface area contributed by atoms with Gasteiger partial charge in [0.05, 0.1) is 6.54 Å². The van der Waals surface area contributed by atoms with Gasteiger partial charge in [0.25, 0.3) is 0 Å². The Hall–Kier alpha value is -1.47. The minimum atomic E-state index is 0.0738. The van der Waals surface area contributed by atoms with E-state index >= 15 is 0 Å². The Labute approximate surface area is 125 Å². The molecule has 0 spiro atoms. The fraction of sp³-hybridized carbons (Fsp3) is 0.786. The Morgan fingerprint density at radius 1 is 1.33 bits per heavy atom. The zero-order chi connectivity index (χ0) is 15.2. The second-order valence-corrected chi connectivity index (χ2v) is 5.69. The summed E-state index contributed by atoms with van der Waals surface area (Å²) < 4.78 is 7.02. The highest BCUT2D eigenvalue weighted by Gasteiger charge is 2.20. The third kappa shape index (κ3) is 4.25. The minimum absolute atomic E-state index is 0.0738. The van der Waals surface area contributed by atoms with Gasteiger partial charge in [-0.3, -0.25) is 9.69 Å². The second-order valence-electron chi connectivity index (χ2n) is 5.69. The number of amides is 1. The van der Waals surface area contributed by atoms with Gasteiger partial charge in [-0.2, -0.15) is 0 Å². The van der Waals surface area contributed by atoms with Crippen LogP contribution in [0.5, 0.6) is 0 Å². The van der Waals surface area contributed by atoms with Gasteiger partial charge in [0.15, 0.2) is 0 Å². The number of nitrogens with zero attached hydrogens (tertiary/aromatic N) is 5. The van der Waals surface area contributed by atoms with E-state index in [1.54, 1.807) is 13.4 Å². The number of rotatable bonds is 5. The first kappa shape index (κ1) is 15.9. The van der Waals surface area contributed by atoms with E-state index in [9.17, 15) is 4.79 Å². The van der Waals surface area contributed by atoms with Gasteiger partial charge >= 0.3 is 0 Å². The maximum atomic E-state index is 11.9. The van der Waals surface area contributed by atoms with Crippen LogP contribution in [0.25, 0.3) is 0 Å². The summed E-state index contributed by atoms with van der Waals surface area (Å²) in [5.41, 5.74) is 0. The lowest BCUT2D eigenvalue weighted by molar-refractivity contribution is -0.135. The molecule has 1 aromatic heterocycles. The molecule has 21 heavy (non-hydrogen) atoms. The van der Waals surface area contributed by atoms with E-state index in [-0.39, 0.29) is 12.5 Å². The molecule has 1 saturated heterocycles. The molecule has 0 aromatic carbocycles. The van der Waals surface area contributed by atoms with E-state index in [0.717, 1.165) is 45.0 Å². The van der Waals surface area contributed by atoms with Gasteiger partial charge in [-0.1, -0.05) is 0 Å². The molecule has 0 aliphatic carbocycles. The van der Waals surface area contributed by atoms with Gasteiger partial charge in [-0.25, -0.2) is 0 Å². The molecular formula is C14H25N5O2. The smallest absolute Gasteiger partial charge is 0.248 e. The van der Waals surface area contributed by atoms with Crippen molar-refractivity contribution in [2.45, 2.75) is 32.9 Å². The monoisotopic (exact) mass is 295 g/mol. The topological polar surface area (TPSA) is 63.5 Å². The van der Waals surface area contributed by atoms with Gasteiger partial charge in [0.1, 0.15) is 18.8 Å². The first-order valence-electron chi connectivity index (χ1n) is 7.49. The molecule has 7 heteroatoms. The Morgan fingerprint density at radius 2 is 2.14 bits per heavy atom. The van der Waals surface area contributed by atoms with Crippen LogP contribution >= 0.6 is 0 Å². The van der Waals surface area contributed by atoms with Crippen molar-refractivity contribution in [2.75, 3.05) is 39.9 Å². The molecule has 0 N–H and O–H groups in total. The lowest BCUT2D eigenvalue weighted by Gasteiger charge is -2.22. The number of carbonyl (C=O) groups excluding carboxylic acids is 1. The third-order valence-corrected chi connectivity index (χ3v) is 3.78.